The smallest absolute Gasteiger partial charge is 0.314 e. The molecular formula is C7H18N2O6. The molecule has 0 spiro atoms. The zero-order chi connectivity index (χ0) is 12.7. The van der Waals surface area contributed by atoms with Gasteiger partial charge in [0.05, 0.1) is 13.2 Å². The third-order valence-electron chi connectivity index (χ3n) is 0.561. The molecule has 8 heteroatoms. The number of rotatable bonds is 4. The summed E-state index contributed by atoms with van der Waals surface area (Å²) in [5.41, 5.74) is 9.56. The minimum Gasteiger partial charge on any atom is -0.481 e. The van der Waals surface area contributed by atoms with Gasteiger partial charge in [0.25, 0.3) is 0 Å². The molecule has 0 saturated heterocycles. The number of carboxylic acids is 2. The largest absolute Gasteiger partial charge is 0.481 e. The highest BCUT2D eigenvalue weighted by Crippen LogP contribution is 1.74. The second-order valence-electron chi connectivity index (χ2n) is 1.99. The molecular weight excluding hydrogens is 208 g/mol. The first-order chi connectivity index (χ1) is 6.95. The monoisotopic (exact) mass is 226 g/mol. The number of nitrogens with two attached hydrogens (primary N) is 2. The zero-order valence-corrected chi connectivity index (χ0v) is 8.30. The highest BCUT2D eigenvalue weighted by molar-refractivity contribution is 5.88. The molecule has 0 atom stereocenters. The van der Waals surface area contributed by atoms with Gasteiger partial charge in [0, 0.05) is 13.1 Å². The van der Waals surface area contributed by atoms with Crippen molar-refractivity contribution in [1.29, 1.82) is 0 Å². The van der Waals surface area contributed by atoms with Crippen molar-refractivity contribution < 1.29 is 30.0 Å². The van der Waals surface area contributed by atoms with Crippen molar-refractivity contribution in [3.8, 4) is 0 Å². The number of hydrogen-bond donors (Lipinski definition) is 6. The van der Waals surface area contributed by atoms with E-state index in [9.17, 15) is 9.59 Å². The Bertz CT molecular complexity index is 132. The van der Waals surface area contributed by atoms with E-state index in [1.54, 1.807) is 0 Å². The van der Waals surface area contributed by atoms with Crippen LogP contribution in [0, 0.1) is 0 Å². The van der Waals surface area contributed by atoms with E-state index >= 15 is 0 Å². The lowest BCUT2D eigenvalue weighted by Gasteiger charge is -1.80. The molecule has 0 aromatic carbocycles. The fraction of sp³-hybridized carbons (Fsp3) is 0.714. The summed E-state index contributed by atoms with van der Waals surface area (Å²) in [5.74, 6) is -2.62. The van der Waals surface area contributed by atoms with Gasteiger partial charge < -0.3 is 31.9 Å². The highest BCUT2D eigenvalue weighted by atomic mass is 16.4. The summed E-state index contributed by atoms with van der Waals surface area (Å²) in [7, 11) is 0. The van der Waals surface area contributed by atoms with Gasteiger partial charge in [0.2, 0.25) is 0 Å². The Morgan fingerprint density at radius 2 is 1.07 bits per heavy atom. The van der Waals surface area contributed by atoms with Crippen LogP contribution in [0.3, 0.4) is 0 Å². The summed E-state index contributed by atoms with van der Waals surface area (Å²) in [6.45, 7) is 0.944. The van der Waals surface area contributed by atoms with E-state index in [2.05, 4.69) is 0 Å². The lowest BCUT2D eigenvalue weighted by atomic mass is 10.5. The minimum atomic E-state index is -1.31. The fourth-order valence-corrected chi connectivity index (χ4v) is 0.129. The van der Waals surface area contributed by atoms with E-state index in [1.165, 1.54) is 0 Å². The van der Waals surface area contributed by atoms with Crippen LogP contribution in [0.5, 0.6) is 0 Å². The van der Waals surface area contributed by atoms with Crippen LogP contribution in [-0.4, -0.2) is 58.7 Å². The molecule has 0 aliphatic carbocycles. The van der Waals surface area contributed by atoms with Gasteiger partial charge in [-0.2, -0.15) is 0 Å². The predicted octanol–water partition coefficient (Wildman–Crippen LogP) is -2.58. The fourth-order valence-electron chi connectivity index (χ4n) is 0.129. The van der Waals surface area contributed by atoms with Gasteiger partial charge in [0.15, 0.2) is 0 Å². The summed E-state index contributed by atoms with van der Waals surface area (Å²) in [4.78, 5) is 18.9. The summed E-state index contributed by atoms with van der Waals surface area (Å²) < 4.78 is 0. The molecule has 0 aromatic heterocycles. The van der Waals surface area contributed by atoms with Crippen molar-refractivity contribution in [1.82, 2.24) is 0 Å². The molecule has 0 aliphatic heterocycles. The Labute approximate surface area is 87.1 Å². The maximum Gasteiger partial charge on any atom is 0.314 e. The van der Waals surface area contributed by atoms with E-state index in [-0.39, 0.29) is 13.2 Å². The van der Waals surface area contributed by atoms with Gasteiger partial charge in [-0.05, 0) is 0 Å². The summed E-state index contributed by atoms with van der Waals surface area (Å²) >= 11 is 0. The van der Waals surface area contributed by atoms with Gasteiger partial charge in [0.1, 0.15) is 6.42 Å². The maximum atomic E-state index is 9.43. The second-order valence-corrected chi connectivity index (χ2v) is 1.99. The van der Waals surface area contributed by atoms with Crippen molar-refractivity contribution in [3.05, 3.63) is 0 Å². The molecule has 15 heavy (non-hydrogen) atoms. The van der Waals surface area contributed by atoms with E-state index in [0.29, 0.717) is 13.1 Å². The topological polar surface area (TPSA) is 167 Å². The summed E-state index contributed by atoms with van der Waals surface area (Å²) in [6, 6.07) is 0. The SMILES string of the molecule is NCCO.NCCO.O=C(O)CC(=O)O. The van der Waals surface area contributed by atoms with Gasteiger partial charge in [-0.1, -0.05) is 0 Å². The van der Waals surface area contributed by atoms with Gasteiger partial charge in [-0.25, -0.2) is 0 Å². The average Bonchev–Trinajstić information content (AvgIpc) is 2.16. The van der Waals surface area contributed by atoms with Crippen molar-refractivity contribution in [2.24, 2.45) is 11.5 Å². The lowest BCUT2D eigenvalue weighted by Crippen LogP contribution is -2.03. The first kappa shape index (κ1) is 19.4. The Morgan fingerprint density at radius 1 is 0.867 bits per heavy atom. The molecule has 0 rings (SSSR count). The van der Waals surface area contributed by atoms with Crippen LogP contribution in [0.15, 0.2) is 0 Å². The standard InChI is InChI=1S/C3H4O4.2C2H7NO/c4-2(5)1-3(6)7;2*3-1-2-4/h1H2,(H,4,5)(H,6,7);2*4H,1-3H2. The minimum absolute atomic E-state index is 0.0972. The van der Waals surface area contributed by atoms with Crippen LogP contribution in [0.25, 0.3) is 0 Å². The quantitative estimate of drug-likeness (QED) is 0.284. The number of carboxylic acid groups (broad SMARTS) is 2. The van der Waals surface area contributed by atoms with Gasteiger partial charge in [-0.3, -0.25) is 9.59 Å². The Hall–Kier alpha value is -1.22. The van der Waals surface area contributed by atoms with E-state index < -0.39 is 18.4 Å². The molecule has 0 heterocycles. The molecule has 8 nitrogen and oxygen atoms in total. The number of hydrogen-bond acceptors (Lipinski definition) is 6. The molecule has 0 radical (unpaired) electrons. The summed E-state index contributed by atoms with van der Waals surface area (Å²) in [6.07, 6.45) is -0.806. The van der Waals surface area contributed by atoms with Crippen molar-refractivity contribution in [2.45, 2.75) is 6.42 Å². The van der Waals surface area contributed by atoms with Crippen LogP contribution in [0.2, 0.25) is 0 Å². The number of aliphatic carboxylic acids is 2. The first-order valence-corrected chi connectivity index (χ1v) is 4.01. The third kappa shape index (κ3) is 65.0. The second kappa shape index (κ2) is 18.5. The van der Waals surface area contributed by atoms with E-state index in [1.807, 2.05) is 0 Å². The maximum absolute atomic E-state index is 9.43. The normalized spacial score (nSPS) is 7.73. The molecule has 0 saturated carbocycles. The Kier molecular flexibility index (Phi) is 23.9. The molecule has 0 aromatic rings. The molecule has 0 aliphatic rings. The van der Waals surface area contributed by atoms with Crippen LogP contribution in [0.4, 0.5) is 0 Å². The number of aliphatic hydroxyl groups is 2. The van der Waals surface area contributed by atoms with Crippen molar-refractivity contribution in [3.63, 3.8) is 0 Å². The van der Waals surface area contributed by atoms with Crippen molar-refractivity contribution in [2.75, 3.05) is 26.3 Å². The van der Waals surface area contributed by atoms with E-state index in [0.717, 1.165) is 0 Å². The molecule has 92 valence electrons. The number of aliphatic hydroxyl groups excluding tert-OH is 2. The summed E-state index contributed by atoms with van der Waals surface area (Å²) in [5, 5.41) is 30.9. The molecule has 0 amide bonds. The van der Waals surface area contributed by atoms with Crippen molar-refractivity contribution >= 4 is 11.9 Å². The average molecular weight is 226 g/mol. The molecule has 8 N–H and O–H groups in total. The van der Waals surface area contributed by atoms with Crippen LogP contribution in [-0.2, 0) is 9.59 Å². The van der Waals surface area contributed by atoms with Crippen LogP contribution in [0.1, 0.15) is 6.42 Å². The van der Waals surface area contributed by atoms with Crippen LogP contribution >= 0.6 is 0 Å². The van der Waals surface area contributed by atoms with Gasteiger partial charge >= 0.3 is 11.9 Å². The van der Waals surface area contributed by atoms with Crippen LogP contribution < -0.4 is 11.5 Å². The molecule has 0 unspecified atom stereocenters. The Balaban J connectivity index is -0.000000155. The lowest BCUT2D eigenvalue weighted by molar-refractivity contribution is -0.147. The number of carbonyl (C=O) groups is 2. The highest BCUT2D eigenvalue weighted by Gasteiger charge is 2.01. The Morgan fingerprint density at radius 3 is 1.07 bits per heavy atom. The zero-order valence-electron chi connectivity index (χ0n) is 8.30. The van der Waals surface area contributed by atoms with E-state index in [4.69, 9.17) is 31.9 Å². The molecule has 0 fully saturated rings. The first-order valence-electron chi connectivity index (χ1n) is 4.01. The van der Waals surface area contributed by atoms with Gasteiger partial charge in [-0.15, -0.1) is 0 Å². The third-order valence-corrected chi connectivity index (χ3v) is 0.561. The predicted molar refractivity (Wildman–Crippen MR) is 52.2 cm³/mol. The molecule has 0 bridgehead atoms.